The molecule has 2 aromatic carbocycles. The number of anilines is 2. The van der Waals surface area contributed by atoms with Gasteiger partial charge in [-0.1, -0.05) is 35.3 Å². The molecule has 1 heterocycles. The molecule has 0 unspecified atom stereocenters. The lowest BCUT2D eigenvalue weighted by Gasteiger charge is -2.15. The van der Waals surface area contributed by atoms with Gasteiger partial charge in [-0.25, -0.2) is 4.90 Å². The third-order valence-electron chi connectivity index (χ3n) is 3.42. The molecule has 0 fully saturated rings. The van der Waals surface area contributed by atoms with Crippen molar-refractivity contribution < 1.29 is 14.7 Å². The summed E-state index contributed by atoms with van der Waals surface area (Å²) in [4.78, 5) is 25.7. The highest BCUT2D eigenvalue weighted by atomic mass is 35.5. The van der Waals surface area contributed by atoms with Crippen molar-refractivity contribution in [1.29, 1.82) is 0 Å². The summed E-state index contributed by atoms with van der Waals surface area (Å²) in [6.45, 7) is 0. The molecule has 0 aromatic heterocycles. The summed E-state index contributed by atoms with van der Waals surface area (Å²) in [5.41, 5.74) is 6.66. The lowest BCUT2D eigenvalue weighted by atomic mass is 10.1. The first-order valence-electron chi connectivity index (χ1n) is 6.53. The van der Waals surface area contributed by atoms with E-state index in [2.05, 4.69) is 0 Å². The zero-order valence-corrected chi connectivity index (χ0v) is 13.1. The Labute approximate surface area is 141 Å². The third-order valence-corrected chi connectivity index (χ3v) is 4.16. The van der Waals surface area contributed by atoms with Crippen LogP contribution in [0.1, 0.15) is 5.56 Å². The zero-order valence-electron chi connectivity index (χ0n) is 11.6. The molecule has 0 atom stereocenters. The Hall–Kier alpha value is -2.50. The highest BCUT2D eigenvalue weighted by Gasteiger charge is 2.40. The predicted molar refractivity (Wildman–Crippen MR) is 89.4 cm³/mol. The molecule has 0 aliphatic carbocycles. The first-order chi connectivity index (χ1) is 10.9. The van der Waals surface area contributed by atoms with Crippen molar-refractivity contribution in [2.45, 2.75) is 0 Å². The second kappa shape index (κ2) is 5.61. The largest absolute Gasteiger partial charge is 0.502 e. The van der Waals surface area contributed by atoms with Gasteiger partial charge in [0.15, 0.2) is 5.76 Å². The van der Waals surface area contributed by atoms with Gasteiger partial charge in [0, 0.05) is 5.69 Å². The maximum atomic E-state index is 12.6. The number of hydrogen-bond acceptors (Lipinski definition) is 4. The van der Waals surface area contributed by atoms with Gasteiger partial charge in [0.25, 0.3) is 5.91 Å². The second-order valence-corrected chi connectivity index (χ2v) is 5.70. The summed E-state index contributed by atoms with van der Waals surface area (Å²) in [6, 6.07) is 10.6. The number of hydrogen-bond donors (Lipinski definition) is 2. The molecular weight excluding hydrogens is 339 g/mol. The number of amides is 2. The van der Waals surface area contributed by atoms with Crippen LogP contribution in [0.2, 0.25) is 10.0 Å². The van der Waals surface area contributed by atoms with Crippen LogP contribution in [-0.4, -0.2) is 16.9 Å². The average Bonchev–Trinajstić information content (AvgIpc) is 2.74. The van der Waals surface area contributed by atoms with Gasteiger partial charge >= 0.3 is 5.91 Å². The Morgan fingerprint density at radius 2 is 1.57 bits per heavy atom. The first-order valence-corrected chi connectivity index (χ1v) is 7.28. The Morgan fingerprint density at radius 3 is 2.17 bits per heavy atom. The summed E-state index contributed by atoms with van der Waals surface area (Å²) in [6.07, 6.45) is 0. The molecule has 2 amide bonds. The molecule has 116 valence electrons. The molecule has 0 radical (unpaired) electrons. The molecule has 3 rings (SSSR count). The number of nitrogen functional groups attached to an aromatic ring is 1. The van der Waals surface area contributed by atoms with Crippen LogP contribution in [0.5, 0.6) is 0 Å². The average molecular weight is 349 g/mol. The predicted octanol–water partition coefficient (Wildman–Crippen LogP) is 3.42. The highest BCUT2D eigenvalue weighted by molar-refractivity contribution is 6.46. The van der Waals surface area contributed by atoms with E-state index >= 15 is 0 Å². The zero-order chi connectivity index (χ0) is 16.7. The topological polar surface area (TPSA) is 83.6 Å². The third kappa shape index (κ3) is 2.54. The minimum atomic E-state index is -0.819. The van der Waals surface area contributed by atoms with Crippen LogP contribution in [-0.2, 0) is 9.59 Å². The van der Waals surface area contributed by atoms with Crippen molar-refractivity contribution in [2.75, 3.05) is 10.6 Å². The van der Waals surface area contributed by atoms with E-state index in [4.69, 9.17) is 28.9 Å². The van der Waals surface area contributed by atoms with Crippen molar-refractivity contribution in [1.82, 2.24) is 0 Å². The summed E-state index contributed by atoms with van der Waals surface area (Å²) in [5, 5.41) is 10.6. The van der Waals surface area contributed by atoms with Crippen LogP contribution in [0.25, 0.3) is 5.57 Å². The number of aliphatic hydroxyl groups is 1. The van der Waals surface area contributed by atoms with E-state index in [-0.39, 0.29) is 16.3 Å². The van der Waals surface area contributed by atoms with E-state index < -0.39 is 17.6 Å². The number of benzene rings is 2. The van der Waals surface area contributed by atoms with Crippen LogP contribution in [0.3, 0.4) is 0 Å². The minimum absolute atomic E-state index is 0.0823. The summed E-state index contributed by atoms with van der Waals surface area (Å²) >= 11 is 11.8. The Balaban J connectivity index is 2.05. The van der Waals surface area contributed by atoms with Gasteiger partial charge in [-0.3, -0.25) is 9.59 Å². The second-order valence-electron chi connectivity index (χ2n) is 4.89. The van der Waals surface area contributed by atoms with Crippen molar-refractivity contribution in [3.8, 4) is 0 Å². The van der Waals surface area contributed by atoms with Crippen molar-refractivity contribution >= 4 is 52.0 Å². The first kappa shape index (κ1) is 15.4. The molecule has 0 saturated carbocycles. The molecule has 23 heavy (non-hydrogen) atoms. The van der Waals surface area contributed by atoms with E-state index in [0.717, 1.165) is 4.90 Å². The van der Waals surface area contributed by atoms with E-state index in [1.54, 1.807) is 24.3 Å². The van der Waals surface area contributed by atoms with Crippen molar-refractivity contribution in [3.63, 3.8) is 0 Å². The Kier molecular flexibility index (Phi) is 3.75. The number of aliphatic hydroxyl groups excluding tert-OH is 1. The summed E-state index contributed by atoms with van der Waals surface area (Å²) in [5.74, 6) is -2.08. The van der Waals surface area contributed by atoms with Crippen LogP contribution < -0.4 is 10.6 Å². The highest BCUT2D eigenvalue weighted by Crippen LogP contribution is 2.34. The Morgan fingerprint density at radius 1 is 0.913 bits per heavy atom. The molecular formula is C16H10Cl2N2O3. The SMILES string of the molecule is Nc1ccc(C2=C(O)C(=O)N(c3ccc(Cl)c(Cl)c3)C2=O)cc1. The fourth-order valence-electron chi connectivity index (χ4n) is 2.29. The fraction of sp³-hybridized carbons (Fsp3) is 0. The van der Waals surface area contributed by atoms with Crippen LogP contribution in [0.15, 0.2) is 48.2 Å². The van der Waals surface area contributed by atoms with Gasteiger partial charge in [-0.05, 0) is 35.9 Å². The standard InChI is InChI=1S/C16H10Cl2N2O3/c17-11-6-5-10(7-12(11)18)20-15(22)13(14(21)16(20)23)8-1-3-9(19)4-2-8/h1-7,21H,19H2. The van der Waals surface area contributed by atoms with Gasteiger partial charge in [-0.15, -0.1) is 0 Å². The normalized spacial score (nSPS) is 14.8. The number of carbonyl (C=O) groups excluding carboxylic acids is 2. The minimum Gasteiger partial charge on any atom is -0.502 e. The van der Waals surface area contributed by atoms with Gasteiger partial charge in [0.2, 0.25) is 0 Å². The van der Waals surface area contributed by atoms with Gasteiger partial charge < -0.3 is 10.8 Å². The molecule has 0 bridgehead atoms. The van der Waals surface area contributed by atoms with E-state index in [9.17, 15) is 14.7 Å². The monoisotopic (exact) mass is 348 g/mol. The van der Waals surface area contributed by atoms with Gasteiger partial charge in [0.05, 0.1) is 21.3 Å². The maximum Gasteiger partial charge on any atom is 0.301 e. The van der Waals surface area contributed by atoms with E-state index in [0.29, 0.717) is 16.3 Å². The number of nitrogens with two attached hydrogens (primary N) is 1. The number of nitrogens with zero attached hydrogens (tertiary/aromatic N) is 1. The number of rotatable bonds is 2. The van der Waals surface area contributed by atoms with E-state index in [1.165, 1.54) is 18.2 Å². The molecule has 7 heteroatoms. The number of halogens is 2. The van der Waals surface area contributed by atoms with E-state index in [1.807, 2.05) is 0 Å². The summed E-state index contributed by atoms with van der Waals surface area (Å²) in [7, 11) is 0. The van der Waals surface area contributed by atoms with Crippen LogP contribution in [0.4, 0.5) is 11.4 Å². The van der Waals surface area contributed by atoms with Crippen molar-refractivity contribution in [3.05, 3.63) is 63.8 Å². The lowest BCUT2D eigenvalue weighted by Crippen LogP contribution is -2.31. The molecule has 3 N–H and O–H groups in total. The molecule has 0 saturated heterocycles. The fourth-order valence-corrected chi connectivity index (χ4v) is 2.58. The maximum absolute atomic E-state index is 12.6. The van der Waals surface area contributed by atoms with Gasteiger partial charge in [0.1, 0.15) is 0 Å². The molecule has 1 aliphatic heterocycles. The molecule has 0 spiro atoms. The molecule has 1 aliphatic rings. The van der Waals surface area contributed by atoms with Crippen LogP contribution in [0, 0.1) is 0 Å². The Bertz CT molecular complexity index is 860. The van der Waals surface area contributed by atoms with Crippen LogP contribution >= 0.6 is 23.2 Å². The number of imide groups is 1. The summed E-state index contributed by atoms with van der Waals surface area (Å²) < 4.78 is 0. The number of carbonyl (C=O) groups is 2. The smallest absolute Gasteiger partial charge is 0.301 e. The van der Waals surface area contributed by atoms with Crippen molar-refractivity contribution in [2.24, 2.45) is 0 Å². The molecule has 2 aromatic rings. The quantitative estimate of drug-likeness (QED) is 0.643. The lowest BCUT2D eigenvalue weighted by molar-refractivity contribution is -0.121. The van der Waals surface area contributed by atoms with Gasteiger partial charge in [-0.2, -0.15) is 0 Å². The molecule has 5 nitrogen and oxygen atoms in total.